The highest BCUT2D eigenvalue weighted by molar-refractivity contribution is 6.01. The highest BCUT2D eigenvalue weighted by Crippen LogP contribution is 2.32. The number of hydrogen-bond donors (Lipinski definition) is 1. The summed E-state index contributed by atoms with van der Waals surface area (Å²) >= 11 is 0. The standard InChI is InChI=1S/C13H16N2O/c14-11-5-1-3-9-4-2-8-15(10-6-7-10)13(16)12(9)11/h1,3,5,10H,2,4,6-8,14H2. The van der Waals surface area contributed by atoms with E-state index in [0.717, 1.165) is 43.4 Å². The normalized spacial score (nSPS) is 20.5. The van der Waals surface area contributed by atoms with Crippen LogP contribution in [0.15, 0.2) is 18.2 Å². The first-order chi connectivity index (χ1) is 7.77. The van der Waals surface area contributed by atoms with E-state index in [2.05, 4.69) is 0 Å². The number of nitrogens with zero attached hydrogens (tertiary/aromatic N) is 1. The van der Waals surface area contributed by atoms with E-state index in [-0.39, 0.29) is 5.91 Å². The fourth-order valence-corrected chi connectivity index (χ4v) is 2.51. The van der Waals surface area contributed by atoms with Crippen molar-refractivity contribution in [1.82, 2.24) is 4.90 Å². The van der Waals surface area contributed by atoms with Crippen molar-refractivity contribution in [3.8, 4) is 0 Å². The van der Waals surface area contributed by atoms with Gasteiger partial charge in [0.15, 0.2) is 0 Å². The second-order valence-electron chi connectivity index (χ2n) is 4.71. The number of nitrogens with two attached hydrogens (primary N) is 1. The van der Waals surface area contributed by atoms with E-state index < -0.39 is 0 Å². The van der Waals surface area contributed by atoms with E-state index in [9.17, 15) is 4.79 Å². The van der Waals surface area contributed by atoms with Gasteiger partial charge in [-0.1, -0.05) is 12.1 Å². The molecule has 16 heavy (non-hydrogen) atoms. The molecule has 0 saturated heterocycles. The first kappa shape index (κ1) is 9.70. The number of amides is 1. The predicted molar refractivity (Wildman–Crippen MR) is 63.2 cm³/mol. The molecule has 0 radical (unpaired) electrons. The molecule has 1 aromatic rings. The molecule has 0 bridgehead atoms. The van der Waals surface area contributed by atoms with Crippen LogP contribution in [-0.4, -0.2) is 23.4 Å². The number of nitrogen functional groups attached to an aromatic ring is 1. The monoisotopic (exact) mass is 216 g/mol. The summed E-state index contributed by atoms with van der Waals surface area (Å²) in [6, 6.07) is 6.28. The molecule has 0 aromatic heterocycles. The second kappa shape index (κ2) is 3.51. The van der Waals surface area contributed by atoms with Crippen LogP contribution in [0.3, 0.4) is 0 Å². The maximum absolute atomic E-state index is 12.4. The van der Waals surface area contributed by atoms with Gasteiger partial charge in [-0.3, -0.25) is 4.79 Å². The number of fused-ring (bicyclic) bond motifs is 1. The summed E-state index contributed by atoms with van der Waals surface area (Å²) in [4.78, 5) is 14.4. The maximum Gasteiger partial charge on any atom is 0.256 e. The molecule has 1 heterocycles. The Labute approximate surface area is 95.2 Å². The lowest BCUT2D eigenvalue weighted by Crippen LogP contribution is -2.33. The number of anilines is 1. The van der Waals surface area contributed by atoms with Gasteiger partial charge in [0.1, 0.15) is 0 Å². The van der Waals surface area contributed by atoms with Crippen LogP contribution in [0.5, 0.6) is 0 Å². The Bertz CT molecular complexity index is 438. The van der Waals surface area contributed by atoms with Crippen molar-refractivity contribution in [3.63, 3.8) is 0 Å². The van der Waals surface area contributed by atoms with Crippen LogP contribution in [0, 0.1) is 0 Å². The molecule has 2 aliphatic rings. The Balaban J connectivity index is 2.04. The van der Waals surface area contributed by atoms with E-state index >= 15 is 0 Å². The predicted octanol–water partition coefficient (Wildman–Crippen LogP) is 1.82. The molecule has 1 saturated carbocycles. The molecular weight excluding hydrogens is 200 g/mol. The summed E-state index contributed by atoms with van der Waals surface area (Å²) in [7, 11) is 0. The number of carbonyl (C=O) groups is 1. The van der Waals surface area contributed by atoms with E-state index in [1.807, 2.05) is 23.1 Å². The fourth-order valence-electron chi connectivity index (χ4n) is 2.51. The summed E-state index contributed by atoms with van der Waals surface area (Å²) in [5, 5.41) is 0. The van der Waals surface area contributed by atoms with E-state index in [4.69, 9.17) is 5.73 Å². The van der Waals surface area contributed by atoms with Gasteiger partial charge in [-0.05, 0) is 37.3 Å². The minimum absolute atomic E-state index is 0.146. The number of aryl methyl sites for hydroxylation is 1. The topological polar surface area (TPSA) is 46.3 Å². The molecule has 1 fully saturated rings. The zero-order valence-electron chi connectivity index (χ0n) is 9.28. The quantitative estimate of drug-likeness (QED) is 0.728. The van der Waals surface area contributed by atoms with Gasteiger partial charge in [-0.2, -0.15) is 0 Å². The fraction of sp³-hybridized carbons (Fsp3) is 0.462. The van der Waals surface area contributed by atoms with Crippen LogP contribution in [0.1, 0.15) is 35.2 Å². The zero-order chi connectivity index (χ0) is 11.1. The lowest BCUT2D eigenvalue weighted by atomic mass is 10.0. The van der Waals surface area contributed by atoms with E-state index in [1.54, 1.807) is 0 Å². The second-order valence-corrected chi connectivity index (χ2v) is 4.71. The summed E-state index contributed by atoms with van der Waals surface area (Å²) in [5.41, 5.74) is 8.45. The van der Waals surface area contributed by atoms with Crippen LogP contribution in [0.2, 0.25) is 0 Å². The van der Waals surface area contributed by atoms with Crippen molar-refractivity contribution in [1.29, 1.82) is 0 Å². The minimum Gasteiger partial charge on any atom is -0.398 e. The molecule has 3 heteroatoms. The van der Waals surface area contributed by atoms with Crippen molar-refractivity contribution in [2.45, 2.75) is 31.7 Å². The first-order valence-corrected chi connectivity index (χ1v) is 5.95. The minimum atomic E-state index is 0.146. The molecule has 1 amide bonds. The lowest BCUT2D eigenvalue weighted by molar-refractivity contribution is 0.0750. The Morgan fingerprint density at radius 3 is 2.88 bits per heavy atom. The summed E-state index contributed by atoms with van der Waals surface area (Å²) in [6.45, 7) is 0.887. The van der Waals surface area contributed by atoms with Gasteiger partial charge in [-0.15, -0.1) is 0 Å². The molecule has 1 aliphatic heterocycles. The van der Waals surface area contributed by atoms with Gasteiger partial charge < -0.3 is 10.6 Å². The van der Waals surface area contributed by atoms with Crippen molar-refractivity contribution in [2.24, 2.45) is 0 Å². The van der Waals surface area contributed by atoms with E-state index in [1.165, 1.54) is 0 Å². The number of rotatable bonds is 1. The molecule has 0 unspecified atom stereocenters. The van der Waals surface area contributed by atoms with Crippen LogP contribution >= 0.6 is 0 Å². The van der Waals surface area contributed by atoms with Crippen LogP contribution in [0.25, 0.3) is 0 Å². The molecule has 3 rings (SSSR count). The Kier molecular flexibility index (Phi) is 2.13. The largest absolute Gasteiger partial charge is 0.398 e. The molecule has 3 nitrogen and oxygen atoms in total. The van der Waals surface area contributed by atoms with Crippen molar-refractivity contribution >= 4 is 11.6 Å². The van der Waals surface area contributed by atoms with Gasteiger partial charge in [0.05, 0.1) is 5.56 Å². The van der Waals surface area contributed by atoms with Gasteiger partial charge >= 0.3 is 0 Å². The molecule has 0 spiro atoms. The van der Waals surface area contributed by atoms with E-state index in [0.29, 0.717) is 11.7 Å². The average Bonchev–Trinajstić information content (AvgIpc) is 3.06. The molecule has 0 atom stereocenters. The van der Waals surface area contributed by atoms with Crippen LogP contribution in [0.4, 0.5) is 5.69 Å². The van der Waals surface area contributed by atoms with Gasteiger partial charge in [-0.25, -0.2) is 0 Å². The third-order valence-corrected chi connectivity index (χ3v) is 3.49. The van der Waals surface area contributed by atoms with Gasteiger partial charge in [0, 0.05) is 18.3 Å². The molecular formula is C13H16N2O. The Morgan fingerprint density at radius 1 is 1.31 bits per heavy atom. The Hall–Kier alpha value is -1.51. The molecule has 2 N–H and O–H groups in total. The average molecular weight is 216 g/mol. The summed E-state index contributed by atoms with van der Waals surface area (Å²) in [6.07, 6.45) is 4.34. The SMILES string of the molecule is Nc1cccc2c1C(=O)N(C1CC1)CCC2. The first-order valence-electron chi connectivity index (χ1n) is 5.95. The third-order valence-electron chi connectivity index (χ3n) is 3.49. The molecule has 84 valence electrons. The highest BCUT2D eigenvalue weighted by Gasteiger charge is 2.35. The smallest absolute Gasteiger partial charge is 0.256 e. The molecule has 1 aromatic carbocycles. The highest BCUT2D eigenvalue weighted by atomic mass is 16.2. The summed E-state index contributed by atoms with van der Waals surface area (Å²) in [5.74, 6) is 0.146. The maximum atomic E-state index is 12.4. The Morgan fingerprint density at radius 2 is 2.12 bits per heavy atom. The number of hydrogen-bond acceptors (Lipinski definition) is 2. The van der Waals surface area contributed by atoms with Gasteiger partial charge in [0.25, 0.3) is 5.91 Å². The number of benzene rings is 1. The lowest BCUT2D eigenvalue weighted by Gasteiger charge is -2.20. The zero-order valence-corrected chi connectivity index (χ0v) is 9.28. The van der Waals surface area contributed by atoms with Crippen LogP contribution < -0.4 is 5.73 Å². The third kappa shape index (κ3) is 1.47. The van der Waals surface area contributed by atoms with Crippen molar-refractivity contribution in [3.05, 3.63) is 29.3 Å². The molecule has 1 aliphatic carbocycles. The van der Waals surface area contributed by atoms with Crippen molar-refractivity contribution < 1.29 is 4.79 Å². The summed E-state index contributed by atoms with van der Waals surface area (Å²) < 4.78 is 0. The van der Waals surface area contributed by atoms with Crippen LogP contribution in [-0.2, 0) is 6.42 Å². The van der Waals surface area contributed by atoms with Crippen molar-refractivity contribution in [2.75, 3.05) is 12.3 Å². The van der Waals surface area contributed by atoms with Gasteiger partial charge in [0.2, 0.25) is 0 Å². The number of carbonyl (C=O) groups excluding carboxylic acids is 1.